The summed E-state index contributed by atoms with van der Waals surface area (Å²) in [6, 6.07) is 3.99. The van der Waals surface area contributed by atoms with Gasteiger partial charge in [-0.3, -0.25) is 5.10 Å². The molecule has 4 heteroatoms. The highest BCUT2D eigenvalue weighted by molar-refractivity contribution is 9.11. The summed E-state index contributed by atoms with van der Waals surface area (Å²) >= 11 is 6.92. The van der Waals surface area contributed by atoms with Gasteiger partial charge in [0.05, 0.1) is 0 Å². The highest BCUT2D eigenvalue weighted by Gasteiger charge is 2.07. The molecule has 0 unspecified atom stereocenters. The quantitative estimate of drug-likeness (QED) is 0.791. The Morgan fingerprint density at radius 3 is 2.58 bits per heavy atom. The average molecular weight is 290 g/mol. The van der Waals surface area contributed by atoms with E-state index in [4.69, 9.17) is 0 Å². The molecule has 0 amide bonds. The number of aromatic amines is 1. The van der Waals surface area contributed by atoms with Gasteiger partial charge in [-0.15, -0.1) is 0 Å². The van der Waals surface area contributed by atoms with Crippen LogP contribution in [0, 0.1) is 6.92 Å². The first-order chi connectivity index (χ1) is 5.70. The molecule has 1 N–H and O–H groups in total. The minimum atomic E-state index is 0.974. The Kier molecular flexibility index (Phi) is 1.96. The monoisotopic (exact) mass is 288 g/mol. The molecule has 1 aromatic heterocycles. The second-order valence-electron chi connectivity index (χ2n) is 2.60. The van der Waals surface area contributed by atoms with Gasteiger partial charge < -0.3 is 0 Å². The van der Waals surface area contributed by atoms with Gasteiger partial charge in [-0.2, -0.15) is 5.10 Å². The molecule has 0 bridgehead atoms. The number of rotatable bonds is 0. The van der Waals surface area contributed by atoms with E-state index in [1.807, 2.05) is 19.1 Å². The number of H-pyrrole nitrogens is 1. The summed E-state index contributed by atoms with van der Waals surface area (Å²) in [6.07, 6.45) is 0. The van der Waals surface area contributed by atoms with Crippen molar-refractivity contribution in [2.24, 2.45) is 0 Å². The lowest BCUT2D eigenvalue weighted by atomic mass is 10.2. The van der Waals surface area contributed by atoms with E-state index < -0.39 is 0 Å². The van der Waals surface area contributed by atoms with E-state index in [-0.39, 0.29) is 0 Å². The SMILES string of the molecule is Cc1[nH]nc2c(Br)ccc(Br)c12. The van der Waals surface area contributed by atoms with Crippen molar-refractivity contribution in [1.82, 2.24) is 10.2 Å². The van der Waals surface area contributed by atoms with Crippen LogP contribution in [0.3, 0.4) is 0 Å². The number of nitrogens with one attached hydrogen (secondary N) is 1. The molecule has 2 aromatic rings. The third-order valence-electron chi connectivity index (χ3n) is 1.79. The maximum Gasteiger partial charge on any atom is 0.108 e. The van der Waals surface area contributed by atoms with Crippen LogP contribution in [0.1, 0.15) is 5.69 Å². The molecule has 62 valence electrons. The summed E-state index contributed by atoms with van der Waals surface area (Å²) in [5.74, 6) is 0. The molecular weight excluding hydrogens is 284 g/mol. The molecule has 0 spiro atoms. The van der Waals surface area contributed by atoms with Crippen molar-refractivity contribution in [3.05, 3.63) is 26.8 Å². The van der Waals surface area contributed by atoms with Crippen LogP contribution in [0.4, 0.5) is 0 Å². The standard InChI is InChI=1S/C8H6Br2N2/c1-4-7-5(9)2-3-6(10)8(7)12-11-4/h2-3H,1H3,(H,11,12). The number of aryl methyl sites for hydroxylation is 1. The first kappa shape index (κ1) is 8.26. The molecule has 0 radical (unpaired) electrons. The van der Waals surface area contributed by atoms with Gasteiger partial charge in [0.15, 0.2) is 0 Å². The zero-order valence-corrected chi connectivity index (χ0v) is 9.53. The van der Waals surface area contributed by atoms with E-state index in [0.29, 0.717) is 0 Å². The van der Waals surface area contributed by atoms with Crippen LogP contribution < -0.4 is 0 Å². The van der Waals surface area contributed by atoms with Crippen molar-refractivity contribution >= 4 is 42.8 Å². The fourth-order valence-corrected chi connectivity index (χ4v) is 2.24. The lowest BCUT2D eigenvalue weighted by Crippen LogP contribution is -1.73. The molecule has 2 nitrogen and oxygen atoms in total. The predicted molar refractivity (Wildman–Crippen MR) is 56.2 cm³/mol. The van der Waals surface area contributed by atoms with Crippen LogP contribution >= 0.6 is 31.9 Å². The molecule has 2 rings (SSSR count). The minimum Gasteiger partial charge on any atom is -0.282 e. The van der Waals surface area contributed by atoms with Crippen molar-refractivity contribution in [2.75, 3.05) is 0 Å². The summed E-state index contributed by atoms with van der Waals surface area (Å²) < 4.78 is 2.09. The summed E-state index contributed by atoms with van der Waals surface area (Å²) in [5.41, 5.74) is 2.06. The van der Waals surface area contributed by atoms with Crippen LogP contribution in [0.25, 0.3) is 10.9 Å². The molecule has 1 heterocycles. The fraction of sp³-hybridized carbons (Fsp3) is 0.125. The van der Waals surface area contributed by atoms with E-state index in [1.54, 1.807) is 0 Å². The molecule has 0 aliphatic rings. The van der Waals surface area contributed by atoms with Crippen molar-refractivity contribution < 1.29 is 0 Å². The Morgan fingerprint density at radius 1 is 1.25 bits per heavy atom. The fourth-order valence-electron chi connectivity index (χ4n) is 1.20. The highest BCUT2D eigenvalue weighted by Crippen LogP contribution is 2.30. The van der Waals surface area contributed by atoms with E-state index in [2.05, 4.69) is 42.1 Å². The van der Waals surface area contributed by atoms with Crippen LogP contribution in [-0.2, 0) is 0 Å². The zero-order valence-electron chi connectivity index (χ0n) is 6.36. The predicted octanol–water partition coefficient (Wildman–Crippen LogP) is 3.40. The van der Waals surface area contributed by atoms with E-state index >= 15 is 0 Å². The van der Waals surface area contributed by atoms with Crippen molar-refractivity contribution in [3.8, 4) is 0 Å². The van der Waals surface area contributed by atoms with Gasteiger partial charge in [-0.25, -0.2) is 0 Å². The third-order valence-corrected chi connectivity index (χ3v) is 3.09. The van der Waals surface area contributed by atoms with Crippen LogP contribution in [0.15, 0.2) is 21.1 Å². The molecule has 1 aromatic carbocycles. The van der Waals surface area contributed by atoms with E-state index in [0.717, 1.165) is 25.5 Å². The van der Waals surface area contributed by atoms with Gasteiger partial charge in [0, 0.05) is 20.0 Å². The molecule has 0 fully saturated rings. The number of nitrogens with zero attached hydrogens (tertiary/aromatic N) is 1. The lowest BCUT2D eigenvalue weighted by molar-refractivity contribution is 1.07. The van der Waals surface area contributed by atoms with Crippen LogP contribution in [-0.4, -0.2) is 10.2 Å². The number of aromatic nitrogens is 2. The largest absolute Gasteiger partial charge is 0.282 e. The van der Waals surface area contributed by atoms with Crippen molar-refractivity contribution in [2.45, 2.75) is 6.92 Å². The molecule has 0 aliphatic carbocycles. The molecule has 0 atom stereocenters. The second-order valence-corrected chi connectivity index (χ2v) is 4.31. The molecular formula is C8H6Br2N2. The Hall–Kier alpha value is -0.350. The van der Waals surface area contributed by atoms with Crippen LogP contribution in [0.2, 0.25) is 0 Å². The molecule has 0 saturated carbocycles. The Morgan fingerprint density at radius 2 is 1.92 bits per heavy atom. The van der Waals surface area contributed by atoms with E-state index in [9.17, 15) is 0 Å². The maximum atomic E-state index is 4.18. The lowest BCUT2D eigenvalue weighted by Gasteiger charge is -1.95. The Balaban J connectivity index is 2.98. The normalized spacial score (nSPS) is 10.9. The topological polar surface area (TPSA) is 28.7 Å². The minimum absolute atomic E-state index is 0.974. The van der Waals surface area contributed by atoms with Crippen molar-refractivity contribution in [3.63, 3.8) is 0 Å². The summed E-state index contributed by atoms with van der Waals surface area (Å²) in [5, 5.41) is 8.27. The second kappa shape index (κ2) is 2.85. The Labute approximate surface area is 86.6 Å². The number of benzene rings is 1. The molecule has 12 heavy (non-hydrogen) atoms. The maximum absolute atomic E-state index is 4.18. The third kappa shape index (κ3) is 1.10. The number of hydrogen-bond donors (Lipinski definition) is 1. The van der Waals surface area contributed by atoms with Gasteiger partial charge in [0.25, 0.3) is 0 Å². The van der Waals surface area contributed by atoms with Crippen molar-refractivity contribution in [1.29, 1.82) is 0 Å². The van der Waals surface area contributed by atoms with Gasteiger partial charge in [0.1, 0.15) is 5.52 Å². The summed E-state index contributed by atoms with van der Waals surface area (Å²) in [6.45, 7) is 2.01. The highest BCUT2D eigenvalue weighted by atomic mass is 79.9. The van der Waals surface area contributed by atoms with Gasteiger partial charge in [-0.1, -0.05) is 15.9 Å². The summed E-state index contributed by atoms with van der Waals surface area (Å²) in [7, 11) is 0. The number of fused-ring (bicyclic) bond motifs is 1. The molecule has 0 saturated heterocycles. The Bertz CT molecular complexity index is 434. The smallest absolute Gasteiger partial charge is 0.108 e. The molecule has 0 aliphatic heterocycles. The first-order valence-corrected chi connectivity index (χ1v) is 5.07. The number of hydrogen-bond acceptors (Lipinski definition) is 1. The zero-order chi connectivity index (χ0) is 8.72. The van der Waals surface area contributed by atoms with E-state index in [1.165, 1.54) is 0 Å². The van der Waals surface area contributed by atoms with Crippen LogP contribution in [0.5, 0.6) is 0 Å². The summed E-state index contributed by atoms with van der Waals surface area (Å²) in [4.78, 5) is 0. The van der Waals surface area contributed by atoms with Gasteiger partial charge in [-0.05, 0) is 35.0 Å². The van der Waals surface area contributed by atoms with Gasteiger partial charge in [0.2, 0.25) is 0 Å². The first-order valence-electron chi connectivity index (χ1n) is 3.49. The average Bonchev–Trinajstić information content (AvgIpc) is 2.42. The number of halogens is 2. The van der Waals surface area contributed by atoms with Gasteiger partial charge >= 0.3 is 0 Å².